The Morgan fingerprint density at radius 1 is 1.12 bits per heavy atom. The van der Waals surface area contributed by atoms with Crippen molar-refractivity contribution < 1.29 is 4.79 Å². The van der Waals surface area contributed by atoms with Gasteiger partial charge in [-0.2, -0.15) is 0 Å². The van der Waals surface area contributed by atoms with Crippen LogP contribution < -0.4 is 10.9 Å². The molecule has 0 saturated carbocycles. The first-order chi connectivity index (χ1) is 12.1. The van der Waals surface area contributed by atoms with Gasteiger partial charge < -0.3 is 10.3 Å². The third-order valence-electron chi connectivity index (χ3n) is 4.04. The number of amides is 1. The van der Waals surface area contributed by atoms with Crippen molar-refractivity contribution in [2.75, 3.05) is 5.32 Å². The number of aryl methyl sites for hydroxylation is 1. The van der Waals surface area contributed by atoms with Gasteiger partial charge in [0.2, 0.25) is 11.5 Å². The van der Waals surface area contributed by atoms with Crippen molar-refractivity contribution in [2.24, 2.45) is 0 Å². The van der Waals surface area contributed by atoms with Crippen LogP contribution in [0.4, 0.5) is 5.69 Å². The molecule has 0 aliphatic rings. The number of anilines is 1. The third kappa shape index (κ3) is 4.09. The maximum atomic E-state index is 12.3. The zero-order valence-electron chi connectivity index (χ0n) is 13.9. The second kappa shape index (κ2) is 7.53. The molecule has 0 bridgehead atoms. The van der Waals surface area contributed by atoms with Crippen LogP contribution in [0, 0.1) is 0 Å². The lowest BCUT2D eigenvalue weighted by Crippen LogP contribution is -2.15. The van der Waals surface area contributed by atoms with Crippen molar-refractivity contribution in [3.8, 4) is 0 Å². The number of hydrogen-bond acceptors (Lipinski definition) is 2. The zero-order valence-corrected chi connectivity index (χ0v) is 14.7. The molecule has 3 rings (SSSR count). The van der Waals surface area contributed by atoms with E-state index in [-0.39, 0.29) is 17.9 Å². The molecule has 1 amide bonds. The number of halogens is 1. The normalized spacial score (nSPS) is 10.8. The van der Waals surface area contributed by atoms with Gasteiger partial charge in [0.1, 0.15) is 0 Å². The first-order valence-electron chi connectivity index (χ1n) is 8.26. The topological polar surface area (TPSA) is 62.0 Å². The van der Waals surface area contributed by atoms with Crippen LogP contribution in [0.3, 0.4) is 0 Å². The Morgan fingerprint density at radius 2 is 1.92 bits per heavy atom. The quantitative estimate of drug-likeness (QED) is 0.717. The highest BCUT2D eigenvalue weighted by Crippen LogP contribution is 2.21. The van der Waals surface area contributed by atoms with E-state index >= 15 is 0 Å². The van der Waals surface area contributed by atoms with Crippen LogP contribution in [0.1, 0.15) is 24.5 Å². The first kappa shape index (κ1) is 17.2. The van der Waals surface area contributed by atoms with Crippen LogP contribution in [0.15, 0.2) is 53.3 Å². The molecule has 2 N–H and O–H groups in total. The van der Waals surface area contributed by atoms with Crippen molar-refractivity contribution in [3.63, 3.8) is 0 Å². The number of carbonyl (C=O) groups excluding carboxylic acids is 1. The molecule has 0 unspecified atom stereocenters. The van der Waals surface area contributed by atoms with Gasteiger partial charge in [-0.1, -0.05) is 49.2 Å². The molecule has 3 aromatic rings. The first-order valence-corrected chi connectivity index (χ1v) is 8.64. The molecule has 0 atom stereocenters. The average molecular weight is 355 g/mol. The Balaban J connectivity index is 1.83. The van der Waals surface area contributed by atoms with Gasteiger partial charge in [-0.25, -0.2) is 0 Å². The predicted molar refractivity (Wildman–Crippen MR) is 102 cm³/mol. The summed E-state index contributed by atoms with van der Waals surface area (Å²) >= 11 is 6.09. The number of hydrogen-bond donors (Lipinski definition) is 2. The van der Waals surface area contributed by atoms with E-state index in [9.17, 15) is 9.59 Å². The summed E-state index contributed by atoms with van der Waals surface area (Å²) in [7, 11) is 0. The van der Waals surface area contributed by atoms with Gasteiger partial charge in [0.15, 0.2) is 0 Å². The molecule has 128 valence electrons. The number of rotatable bonds is 5. The molecule has 0 radical (unpaired) electrons. The smallest absolute Gasteiger partial charge is 0.248 e. The van der Waals surface area contributed by atoms with Crippen molar-refractivity contribution >= 4 is 34.1 Å². The van der Waals surface area contributed by atoms with E-state index in [0.29, 0.717) is 10.7 Å². The molecular weight excluding hydrogens is 336 g/mol. The molecule has 0 fully saturated rings. The SMILES string of the molecule is CCCc1cc(=O)[nH]c2cc(NC(=O)Cc3ccccc3Cl)ccc12. The predicted octanol–water partition coefficient (Wildman–Crippen LogP) is 4.32. The highest BCUT2D eigenvalue weighted by Gasteiger charge is 2.09. The van der Waals surface area contributed by atoms with E-state index in [0.717, 1.165) is 34.9 Å². The Kier molecular flexibility index (Phi) is 5.19. The zero-order chi connectivity index (χ0) is 17.8. The van der Waals surface area contributed by atoms with Gasteiger partial charge in [0, 0.05) is 22.2 Å². The molecule has 1 aromatic heterocycles. The summed E-state index contributed by atoms with van der Waals surface area (Å²) in [6, 6.07) is 14.5. The minimum atomic E-state index is -0.153. The third-order valence-corrected chi connectivity index (χ3v) is 4.41. The molecule has 25 heavy (non-hydrogen) atoms. The monoisotopic (exact) mass is 354 g/mol. The summed E-state index contributed by atoms with van der Waals surface area (Å²) in [4.78, 5) is 26.9. The number of aromatic nitrogens is 1. The highest BCUT2D eigenvalue weighted by molar-refractivity contribution is 6.31. The van der Waals surface area contributed by atoms with Gasteiger partial charge in [-0.15, -0.1) is 0 Å². The van der Waals surface area contributed by atoms with Crippen LogP contribution >= 0.6 is 11.6 Å². The minimum absolute atomic E-state index is 0.129. The number of fused-ring (bicyclic) bond motifs is 1. The lowest BCUT2D eigenvalue weighted by Gasteiger charge is -2.09. The van der Waals surface area contributed by atoms with Crippen molar-refractivity contribution in [1.29, 1.82) is 0 Å². The van der Waals surface area contributed by atoms with E-state index < -0.39 is 0 Å². The van der Waals surface area contributed by atoms with Crippen LogP contribution in [0.2, 0.25) is 5.02 Å². The second-order valence-corrected chi connectivity index (χ2v) is 6.39. The fourth-order valence-corrected chi connectivity index (χ4v) is 3.11. The molecule has 0 aliphatic carbocycles. The summed E-state index contributed by atoms with van der Waals surface area (Å²) in [6.45, 7) is 2.08. The Morgan fingerprint density at radius 3 is 2.68 bits per heavy atom. The molecule has 5 heteroatoms. The van der Waals surface area contributed by atoms with Crippen LogP contribution in [-0.2, 0) is 17.6 Å². The van der Waals surface area contributed by atoms with Gasteiger partial charge in [-0.3, -0.25) is 9.59 Å². The lowest BCUT2D eigenvalue weighted by atomic mass is 10.0. The summed E-state index contributed by atoms with van der Waals surface area (Å²) in [5.41, 5.74) is 3.05. The fraction of sp³-hybridized carbons (Fsp3) is 0.200. The average Bonchev–Trinajstić information content (AvgIpc) is 2.57. The van der Waals surface area contributed by atoms with Crippen molar-refractivity contribution in [3.05, 3.63) is 75.0 Å². The number of pyridine rings is 1. The summed E-state index contributed by atoms with van der Waals surface area (Å²) in [5, 5.41) is 4.44. The number of benzene rings is 2. The number of nitrogens with one attached hydrogen (secondary N) is 2. The lowest BCUT2D eigenvalue weighted by molar-refractivity contribution is -0.115. The molecule has 1 heterocycles. The highest BCUT2D eigenvalue weighted by atomic mass is 35.5. The molecule has 4 nitrogen and oxygen atoms in total. The Labute approximate surface area is 150 Å². The van der Waals surface area contributed by atoms with E-state index in [4.69, 9.17) is 11.6 Å². The second-order valence-electron chi connectivity index (χ2n) is 5.99. The molecule has 0 spiro atoms. The van der Waals surface area contributed by atoms with E-state index in [1.54, 1.807) is 18.2 Å². The minimum Gasteiger partial charge on any atom is -0.326 e. The summed E-state index contributed by atoms with van der Waals surface area (Å²) < 4.78 is 0. The maximum absolute atomic E-state index is 12.3. The Hall–Kier alpha value is -2.59. The largest absolute Gasteiger partial charge is 0.326 e. The van der Waals surface area contributed by atoms with Gasteiger partial charge in [0.05, 0.1) is 11.9 Å². The summed E-state index contributed by atoms with van der Waals surface area (Å²) in [5.74, 6) is -0.153. The standard InChI is InChI=1S/C20H19ClN2O2/c1-2-5-13-10-20(25)23-18-12-15(8-9-16(13)18)22-19(24)11-14-6-3-4-7-17(14)21/h3-4,6-10,12H,2,5,11H2,1H3,(H,22,24)(H,23,25). The molecule has 0 aliphatic heterocycles. The number of H-pyrrole nitrogens is 1. The van der Waals surface area contributed by atoms with Gasteiger partial charge >= 0.3 is 0 Å². The molecule has 0 saturated heterocycles. The Bertz CT molecular complexity index is 979. The molecule has 2 aromatic carbocycles. The van der Waals surface area contributed by atoms with Crippen LogP contribution in [-0.4, -0.2) is 10.9 Å². The van der Waals surface area contributed by atoms with Gasteiger partial charge in [0.25, 0.3) is 0 Å². The number of carbonyl (C=O) groups is 1. The van der Waals surface area contributed by atoms with Crippen molar-refractivity contribution in [2.45, 2.75) is 26.2 Å². The van der Waals surface area contributed by atoms with E-state index in [1.807, 2.05) is 30.3 Å². The fourth-order valence-electron chi connectivity index (χ4n) is 2.91. The van der Waals surface area contributed by atoms with Crippen LogP contribution in [0.25, 0.3) is 10.9 Å². The molecular formula is C20H19ClN2O2. The van der Waals surface area contributed by atoms with E-state index in [1.165, 1.54) is 0 Å². The van der Waals surface area contributed by atoms with E-state index in [2.05, 4.69) is 17.2 Å². The number of aromatic amines is 1. The summed E-state index contributed by atoms with van der Waals surface area (Å²) in [6.07, 6.45) is 2.01. The van der Waals surface area contributed by atoms with Crippen molar-refractivity contribution in [1.82, 2.24) is 4.98 Å². The van der Waals surface area contributed by atoms with Gasteiger partial charge in [-0.05, 0) is 35.7 Å². The maximum Gasteiger partial charge on any atom is 0.248 e. The van der Waals surface area contributed by atoms with Crippen LogP contribution in [0.5, 0.6) is 0 Å².